The van der Waals surface area contributed by atoms with Gasteiger partial charge >= 0.3 is 0 Å². The van der Waals surface area contributed by atoms with Crippen molar-refractivity contribution < 1.29 is 4.79 Å². The molecule has 2 aromatic rings. The Balaban J connectivity index is 2.03. The maximum absolute atomic E-state index is 12.6. The first kappa shape index (κ1) is 13.1. The van der Waals surface area contributed by atoms with Crippen LogP contribution in [0.2, 0.25) is 0 Å². The Morgan fingerprint density at radius 1 is 1.35 bits per heavy atom. The molecule has 106 valence electrons. The van der Waals surface area contributed by atoms with Gasteiger partial charge in [0.05, 0.1) is 16.6 Å². The van der Waals surface area contributed by atoms with Gasteiger partial charge in [0.25, 0.3) is 5.91 Å². The highest BCUT2D eigenvalue weighted by Crippen LogP contribution is 2.23. The summed E-state index contributed by atoms with van der Waals surface area (Å²) >= 11 is 0. The van der Waals surface area contributed by atoms with E-state index in [1.807, 2.05) is 27.0 Å². The molecule has 0 saturated heterocycles. The SMILES string of the molecule is Cc1cc(C(=O)NC2CCCC2)c2c(C)nn(C)c2n1. The summed E-state index contributed by atoms with van der Waals surface area (Å²) in [6.07, 6.45) is 4.60. The highest BCUT2D eigenvalue weighted by molar-refractivity contribution is 6.06. The van der Waals surface area contributed by atoms with Gasteiger partial charge in [-0.05, 0) is 32.8 Å². The topological polar surface area (TPSA) is 59.8 Å². The second kappa shape index (κ2) is 4.89. The minimum atomic E-state index is 0.00324. The molecule has 1 saturated carbocycles. The second-order valence-electron chi connectivity index (χ2n) is 5.67. The Bertz CT molecular complexity index is 668. The van der Waals surface area contributed by atoms with Gasteiger partial charge in [-0.25, -0.2) is 4.98 Å². The van der Waals surface area contributed by atoms with Gasteiger partial charge in [-0.1, -0.05) is 12.8 Å². The van der Waals surface area contributed by atoms with Gasteiger partial charge in [0, 0.05) is 18.8 Å². The number of carbonyl (C=O) groups excluding carboxylic acids is 1. The van der Waals surface area contributed by atoms with Crippen molar-refractivity contribution in [1.29, 1.82) is 0 Å². The zero-order chi connectivity index (χ0) is 14.3. The van der Waals surface area contributed by atoms with Gasteiger partial charge < -0.3 is 5.32 Å². The first-order valence-electron chi connectivity index (χ1n) is 7.18. The molecule has 1 aliphatic carbocycles. The Morgan fingerprint density at radius 2 is 2.05 bits per heavy atom. The average molecular weight is 272 g/mol. The number of pyridine rings is 1. The van der Waals surface area contributed by atoms with Gasteiger partial charge in [-0.2, -0.15) is 5.10 Å². The Kier molecular flexibility index (Phi) is 3.20. The van der Waals surface area contributed by atoms with E-state index >= 15 is 0 Å². The molecule has 1 N–H and O–H groups in total. The summed E-state index contributed by atoms with van der Waals surface area (Å²) in [5, 5.41) is 8.40. The highest BCUT2D eigenvalue weighted by atomic mass is 16.1. The third-order valence-electron chi connectivity index (χ3n) is 4.03. The van der Waals surface area contributed by atoms with Crippen molar-refractivity contribution in [3.8, 4) is 0 Å². The number of carbonyl (C=O) groups is 1. The van der Waals surface area contributed by atoms with Gasteiger partial charge in [-0.3, -0.25) is 9.48 Å². The van der Waals surface area contributed by atoms with Gasteiger partial charge in [0.2, 0.25) is 0 Å². The zero-order valence-corrected chi connectivity index (χ0v) is 12.2. The zero-order valence-electron chi connectivity index (χ0n) is 12.2. The van der Waals surface area contributed by atoms with E-state index in [1.165, 1.54) is 12.8 Å². The molecule has 0 bridgehead atoms. The van der Waals surface area contributed by atoms with Crippen molar-refractivity contribution in [2.45, 2.75) is 45.6 Å². The van der Waals surface area contributed by atoms with Crippen LogP contribution in [0.15, 0.2) is 6.07 Å². The molecule has 1 fully saturated rings. The fraction of sp³-hybridized carbons (Fsp3) is 0.533. The maximum Gasteiger partial charge on any atom is 0.252 e. The molecule has 0 atom stereocenters. The molecule has 0 spiro atoms. The lowest BCUT2D eigenvalue weighted by molar-refractivity contribution is 0.0939. The van der Waals surface area contributed by atoms with Gasteiger partial charge in [0.15, 0.2) is 5.65 Å². The normalized spacial score (nSPS) is 15.9. The number of rotatable bonds is 2. The van der Waals surface area contributed by atoms with Gasteiger partial charge in [0.1, 0.15) is 0 Å². The van der Waals surface area contributed by atoms with E-state index in [-0.39, 0.29) is 5.91 Å². The molecule has 3 rings (SSSR count). The molecule has 0 aromatic carbocycles. The molecule has 0 aliphatic heterocycles. The molecule has 0 radical (unpaired) electrons. The Morgan fingerprint density at radius 3 is 2.75 bits per heavy atom. The minimum absolute atomic E-state index is 0.00324. The predicted octanol–water partition coefficient (Wildman–Crippen LogP) is 2.26. The summed E-state index contributed by atoms with van der Waals surface area (Å²) < 4.78 is 1.74. The summed E-state index contributed by atoms with van der Waals surface area (Å²) in [7, 11) is 1.86. The molecule has 0 unspecified atom stereocenters. The Hall–Kier alpha value is -1.91. The number of aryl methyl sites for hydroxylation is 3. The monoisotopic (exact) mass is 272 g/mol. The van der Waals surface area contributed by atoms with Crippen LogP contribution in [-0.4, -0.2) is 26.7 Å². The van der Waals surface area contributed by atoms with Gasteiger partial charge in [-0.15, -0.1) is 0 Å². The van der Waals surface area contributed by atoms with E-state index in [2.05, 4.69) is 15.4 Å². The van der Waals surface area contributed by atoms with Crippen LogP contribution in [-0.2, 0) is 7.05 Å². The number of aromatic nitrogens is 3. The van der Waals surface area contributed by atoms with Crippen molar-refractivity contribution in [2.75, 3.05) is 0 Å². The van der Waals surface area contributed by atoms with Crippen LogP contribution in [0.4, 0.5) is 0 Å². The maximum atomic E-state index is 12.6. The summed E-state index contributed by atoms with van der Waals surface area (Å²) in [4.78, 5) is 17.0. The fourth-order valence-electron chi connectivity index (χ4n) is 3.08. The van der Waals surface area contributed by atoms with Crippen LogP contribution < -0.4 is 5.32 Å². The molecule has 5 nitrogen and oxygen atoms in total. The van der Waals surface area contributed by atoms with Crippen LogP contribution in [0.25, 0.3) is 11.0 Å². The van der Waals surface area contributed by atoms with Crippen LogP contribution in [0.1, 0.15) is 47.4 Å². The molecule has 20 heavy (non-hydrogen) atoms. The third-order valence-corrected chi connectivity index (χ3v) is 4.03. The van der Waals surface area contributed by atoms with Crippen molar-refractivity contribution in [1.82, 2.24) is 20.1 Å². The molecular formula is C15H20N4O. The van der Waals surface area contributed by atoms with Crippen molar-refractivity contribution in [3.63, 3.8) is 0 Å². The number of hydrogen-bond acceptors (Lipinski definition) is 3. The van der Waals surface area contributed by atoms with E-state index in [1.54, 1.807) is 4.68 Å². The van der Waals surface area contributed by atoms with E-state index in [0.717, 1.165) is 35.3 Å². The van der Waals surface area contributed by atoms with Crippen molar-refractivity contribution in [2.24, 2.45) is 7.05 Å². The number of nitrogens with zero attached hydrogens (tertiary/aromatic N) is 3. The van der Waals surface area contributed by atoms with Crippen LogP contribution in [0, 0.1) is 13.8 Å². The molecule has 2 heterocycles. The predicted molar refractivity (Wildman–Crippen MR) is 77.7 cm³/mol. The van der Waals surface area contributed by atoms with E-state index in [0.29, 0.717) is 11.6 Å². The number of nitrogens with one attached hydrogen (secondary N) is 1. The number of fused-ring (bicyclic) bond motifs is 1. The average Bonchev–Trinajstić information content (AvgIpc) is 2.98. The molecule has 1 amide bonds. The lowest BCUT2D eigenvalue weighted by Gasteiger charge is -2.13. The standard InChI is InChI=1S/C15H20N4O/c1-9-8-12(15(20)17-11-6-4-5-7-11)13-10(2)18-19(3)14(13)16-9/h8,11H,4-7H2,1-3H3,(H,17,20). The number of amides is 1. The number of hydrogen-bond donors (Lipinski definition) is 1. The van der Waals surface area contributed by atoms with E-state index < -0.39 is 0 Å². The highest BCUT2D eigenvalue weighted by Gasteiger charge is 2.21. The first-order chi connectivity index (χ1) is 9.56. The summed E-state index contributed by atoms with van der Waals surface area (Å²) in [5.41, 5.74) is 3.17. The first-order valence-corrected chi connectivity index (χ1v) is 7.18. The summed E-state index contributed by atoms with van der Waals surface area (Å²) in [5.74, 6) is 0.00324. The van der Waals surface area contributed by atoms with Crippen LogP contribution in [0.3, 0.4) is 0 Å². The lowest BCUT2D eigenvalue weighted by atomic mass is 10.1. The summed E-state index contributed by atoms with van der Waals surface area (Å²) in [6, 6.07) is 2.18. The Labute approximate surface area is 118 Å². The fourth-order valence-corrected chi connectivity index (χ4v) is 3.08. The van der Waals surface area contributed by atoms with Crippen molar-refractivity contribution >= 4 is 16.9 Å². The van der Waals surface area contributed by atoms with Crippen LogP contribution in [0.5, 0.6) is 0 Å². The lowest BCUT2D eigenvalue weighted by Crippen LogP contribution is -2.32. The van der Waals surface area contributed by atoms with E-state index in [9.17, 15) is 4.79 Å². The van der Waals surface area contributed by atoms with Crippen LogP contribution >= 0.6 is 0 Å². The smallest absolute Gasteiger partial charge is 0.252 e. The minimum Gasteiger partial charge on any atom is -0.349 e. The molecule has 2 aromatic heterocycles. The second-order valence-corrected chi connectivity index (χ2v) is 5.67. The van der Waals surface area contributed by atoms with E-state index in [4.69, 9.17) is 0 Å². The molecule has 5 heteroatoms. The molecular weight excluding hydrogens is 252 g/mol. The third kappa shape index (κ3) is 2.17. The molecule has 1 aliphatic rings. The van der Waals surface area contributed by atoms with Crippen molar-refractivity contribution in [3.05, 3.63) is 23.0 Å². The quantitative estimate of drug-likeness (QED) is 0.912. The largest absolute Gasteiger partial charge is 0.349 e. The summed E-state index contributed by atoms with van der Waals surface area (Å²) in [6.45, 7) is 3.83.